The van der Waals surface area contributed by atoms with Gasteiger partial charge in [-0.25, -0.2) is 8.70 Å². The second-order valence-corrected chi connectivity index (χ2v) is 9.16. The largest absolute Gasteiger partial charge is 0.352 e. The average Bonchev–Trinajstić information content (AvgIpc) is 3.16. The van der Waals surface area contributed by atoms with Crippen LogP contribution in [0.3, 0.4) is 0 Å². The zero-order valence-corrected chi connectivity index (χ0v) is 15.3. The first-order valence-electron chi connectivity index (χ1n) is 8.53. The van der Waals surface area contributed by atoms with Crippen LogP contribution in [0, 0.1) is 17.7 Å². The molecule has 0 heterocycles. The topological polar surface area (TPSA) is 69.7 Å². The minimum atomic E-state index is -3.99. The number of nitrogens with one attached hydrogen (secondary N) is 1. The third-order valence-electron chi connectivity index (χ3n) is 5.23. The molecule has 138 valence electrons. The molecule has 3 rings (SSSR count). The second kappa shape index (κ2) is 6.92. The van der Waals surface area contributed by atoms with Gasteiger partial charge >= 0.3 is 10.2 Å². The SMILES string of the molecule is CN(C)S(=O)(=O)N(CC(=O)N[C@@H]1C[C@@H]2CC[C@@H]1C2)c1ccccc1F. The number of fused-ring (bicyclic) bond motifs is 2. The Morgan fingerprint density at radius 3 is 2.52 bits per heavy atom. The summed E-state index contributed by atoms with van der Waals surface area (Å²) in [5.74, 6) is 0.0803. The number of benzene rings is 1. The fraction of sp³-hybridized carbons (Fsp3) is 0.588. The number of para-hydroxylation sites is 1. The summed E-state index contributed by atoms with van der Waals surface area (Å²) in [6, 6.07) is 5.68. The van der Waals surface area contributed by atoms with Crippen LogP contribution in [0.25, 0.3) is 0 Å². The molecule has 0 aliphatic heterocycles. The van der Waals surface area contributed by atoms with E-state index in [2.05, 4.69) is 5.32 Å². The molecule has 1 N–H and O–H groups in total. The molecule has 0 aromatic heterocycles. The number of carbonyl (C=O) groups excluding carboxylic acids is 1. The number of carbonyl (C=O) groups is 1. The molecule has 2 aliphatic rings. The lowest BCUT2D eigenvalue weighted by Gasteiger charge is -2.29. The van der Waals surface area contributed by atoms with E-state index in [1.165, 1.54) is 38.7 Å². The van der Waals surface area contributed by atoms with Gasteiger partial charge in [0.05, 0.1) is 5.69 Å². The highest BCUT2D eigenvalue weighted by molar-refractivity contribution is 7.90. The maximum Gasteiger partial charge on any atom is 0.304 e. The molecule has 2 aliphatic carbocycles. The molecular formula is C17H24FN3O3S. The summed E-state index contributed by atoms with van der Waals surface area (Å²) in [6.45, 7) is -0.435. The van der Waals surface area contributed by atoms with Crippen LogP contribution in [-0.2, 0) is 15.0 Å². The highest BCUT2D eigenvalue weighted by Gasteiger charge is 2.40. The van der Waals surface area contributed by atoms with Crippen LogP contribution in [0.2, 0.25) is 0 Å². The number of anilines is 1. The van der Waals surface area contributed by atoms with Crippen LogP contribution in [0.15, 0.2) is 24.3 Å². The van der Waals surface area contributed by atoms with Gasteiger partial charge in [0.1, 0.15) is 12.4 Å². The van der Waals surface area contributed by atoms with Crippen molar-refractivity contribution in [2.75, 3.05) is 24.9 Å². The maximum atomic E-state index is 14.2. The van der Waals surface area contributed by atoms with Gasteiger partial charge in [-0.1, -0.05) is 18.6 Å². The van der Waals surface area contributed by atoms with Crippen molar-refractivity contribution in [1.29, 1.82) is 0 Å². The van der Waals surface area contributed by atoms with Crippen LogP contribution in [0.1, 0.15) is 25.7 Å². The Kier molecular flexibility index (Phi) is 5.02. The molecule has 0 saturated heterocycles. The van der Waals surface area contributed by atoms with Gasteiger partial charge in [0.25, 0.3) is 0 Å². The summed E-state index contributed by atoms with van der Waals surface area (Å²) in [4.78, 5) is 12.5. The van der Waals surface area contributed by atoms with Gasteiger partial charge in [-0.2, -0.15) is 12.7 Å². The van der Waals surface area contributed by atoms with Gasteiger partial charge in [-0.05, 0) is 43.2 Å². The number of hydrogen-bond donors (Lipinski definition) is 1. The predicted molar refractivity (Wildman–Crippen MR) is 93.7 cm³/mol. The molecular weight excluding hydrogens is 345 g/mol. The highest BCUT2D eigenvalue weighted by atomic mass is 32.2. The van der Waals surface area contributed by atoms with E-state index in [0.717, 1.165) is 27.9 Å². The monoisotopic (exact) mass is 369 g/mol. The number of nitrogens with zero attached hydrogens (tertiary/aromatic N) is 2. The van der Waals surface area contributed by atoms with Crippen LogP contribution in [-0.4, -0.2) is 45.3 Å². The van der Waals surface area contributed by atoms with Crippen LogP contribution < -0.4 is 9.62 Å². The average molecular weight is 369 g/mol. The first-order valence-corrected chi connectivity index (χ1v) is 9.93. The van der Waals surface area contributed by atoms with E-state index in [1.54, 1.807) is 6.07 Å². The molecule has 6 nitrogen and oxygen atoms in total. The quantitative estimate of drug-likeness (QED) is 0.830. The highest BCUT2D eigenvalue weighted by Crippen LogP contribution is 2.44. The third kappa shape index (κ3) is 3.64. The van der Waals surface area contributed by atoms with Crippen LogP contribution >= 0.6 is 0 Å². The molecule has 3 atom stereocenters. The first kappa shape index (κ1) is 18.1. The van der Waals surface area contributed by atoms with Crippen molar-refractivity contribution in [2.45, 2.75) is 31.7 Å². The lowest BCUT2D eigenvalue weighted by atomic mass is 9.95. The summed E-state index contributed by atoms with van der Waals surface area (Å²) in [5, 5.41) is 2.95. The molecule has 1 aromatic rings. The van der Waals surface area contributed by atoms with Crippen molar-refractivity contribution in [2.24, 2.45) is 11.8 Å². The maximum absolute atomic E-state index is 14.2. The molecule has 0 spiro atoms. The Labute approximate surface area is 148 Å². The molecule has 1 amide bonds. The summed E-state index contributed by atoms with van der Waals surface area (Å²) in [6.07, 6.45) is 4.42. The number of hydrogen-bond acceptors (Lipinski definition) is 3. The van der Waals surface area contributed by atoms with E-state index in [4.69, 9.17) is 0 Å². The zero-order valence-electron chi connectivity index (χ0n) is 14.5. The Morgan fingerprint density at radius 1 is 1.24 bits per heavy atom. The van der Waals surface area contributed by atoms with Crippen molar-refractivity contribution in [1.82, 2.24) is 9.62 Å². The third-order valence-corrected chi connectivity index (χ3v) is 7.04. The molecule has 8 heteroatoms. The van der Waals surface area contributed by atoms with E-state index in [9.17, 15) is 17.6 Å². The number of amides is 1. The van der Waals surface area contributed by atoms with Crippen molar-refractivity contribution in [3.05, 3.63) is 30.1 Å². The van der Waals surface area contributed by atoms with Crippen LogP contribution in [0.4, 0.5) is 10.1 Å². The summed E-state index contributed by atoms with van der Waals surface area (Å²) < 4.78 is 41.1. The van der Waals surface area contributed by atoms with E-state index in [-0.39, 0.29) is 11.7 Å². The van der Waals surface area contributed by atoms with E-state index >= 15 is 0 Å². The van der Waals surface area contributed by atoms with E-state index in [0.29, 0.717) is 11.8 Å². The van der Waals surface area contributed by atoms with Gasteiger partial charge in [0, 0.05) is 20.1 Å². The van der Waals surface area contributed by atoms with Crippen molar-refractivity contribution < 1.29 is 17.6 Å². The fourth-order valence-electron chi connectivity index (χ4n) is 3.95. The Bertz CT molecular complexity index is 753. The Balaban J connectivity index is 1.78. The summed E-state index contributed by atoms with van der Waals surface area (Å²) in [7, 11) is -1.27. The predicted octanol–water partition coefficient (Wildman–Crippen LogP) is 1.74. The molecule has 0 unspecified atom stereocenters. The minimum Gasteiger partial charge on any atom is -0.352 e. The molecule has 25 heavy (non-hydrogen) atoms. The fourth-order valence-corrected chi connectivity index (χ4v) is 5.02. The summed E-state index contributed by atoms with van der Waals surface area (Å²) >= 11 is 0. The van der Waals surface area contributed by atoms with Gasteiger partial charge < -0.3 is 5.32 Å². The smallest absolute Gasteiger partial charge is 0.304 e. The Morgan fingerprint density at radius 2 is 1.96 bits per heavy atom. The standard InChI is InChI=1S/C17H24FN3O3S/c1-20(2)25(23,24)21(16-6-4-3-5-14(16)18)11-17(22)19-15-10-12-7-8-13(15)9-12/h3-6,12-13,15H,7-11H2,1-2H3,(H,19,22)/t12-,13-,15-/m1/s1. The summed E-state index contributed by atoms with van der Waals surface area (Å²) in [5.41, 5.74) is -0.126. The lowest BCUT2D eigenvalue weighted by Crippen LogP contribution is -2.48. The molecule has 0 radical (unpaired) electrons. The number of halogens is 1. The molecule has 2 bridgehead atoms. The normalized spacial score (nSPS) is 25.4. The van der Waals surface area contributed by atoms with Gasteiger partial charge in [0.2, 0.25) is 5.91 Å². The Hall–Kier alpha value is -1.67. The minimum absolute atomic E-state index is 0.107. The zero-order chi connectivity index (χ0) is 18.2. The van der Waals surface area contributed by atoms with Gasteiger partial charge in [-0.3, -0.25) is 4.79 Å². The van der Waals surface area contributed by atoms with Crippen molar-refractivity contribution in [3.8, 4) is 0 Å². The number of rotatable bonds is 6. The van der Waals surface area contributed by atoms with Gasteiger partial charge in [0.15, 0.2) is 0 Å². The van der Waals surface area contributed by atoms with Crippen molar-refractivity contribution in [3.63, 3.8) is 0 Å². The van der Waals surface area contributed by atoms with Crippen molar-refractivity contribution >= 4 is 21.8 Å². The molecule has 2 saturated carbocycles. The molecule has 1 aromatic carbocycles. The molecule has 2 fully saturated rings. The van der Waals surface area contributed by atoms with E-state index in [1.807, 2.05) is 0 Å². The second-order valence-electron chi connectivity index (χ2n) is 7.10. The van der Waals surface area contributed by atoms with Gasteiger partial charge in [-0.15, -0.1) is 0 Å². The lowest BCUT2D eigenvalue weighted by molar-refractivity contribution is -0.120. The first-order chi connectivity index (χ1) is 11.8. The van der Waals surface area contributed by atoms with Crippen LogP contribution in [0.5, 0.6) is 0 Å². The van der Waals surface area contributed by atoms with E-state index < -0.39 is 28.5 Å².